The largest absolute Gasteiger partial charge is 0.394 e. The van der Waals surface area contributed by atoms with E-state index in [9.17, 15) is 30.3 Å². The Morgan fingerprint density at radius 1 is 0.567 bits per heavy atom. The van der Waals surface area contributed by atoms with E-state index >= 15 is 0 Å². The molecule has 0 bridgehead atoms. The molecule has 9 heteroatoms. The van der Waals surface area contributed by atoms with Gasteiger partial charge in [0.1, 0.15) is 24.4 Å². The quantitative estimate of drug-likeness (QED) is 0.0264. The van der Waals surface area contributed by atoms with Gasteiger partial charge >= 0.3 is 0 Å². The molecule has 0 radical (unpaired) electrons. The molecule has 1 amide bonds. The minimum atomic E-state index is -1.58. The smallest absolute Gasteiger partial charge is 0.220 e. The highest BCUT2D eigenvalue weighted by Crippen LogP contribution is 2.22. The highest BCUT2D eigenvalue weighted by molar-refractivity contribution is 5.76. The van der Waals surface area contributed by atoms with Crippen LogP contribution in [0.2, 0.25) is 0 Å². The van der Waals surface area contributed by atoms with E-state index in [0.29, 0.717) is 6.42 Å². The van der Waals surface area contributed by atoms with Crippen molar-refractivity contribution >= 4 is 5.91 Å². The van der Waals surface area contributed by atoms with Crippen LogP contribution in [-0.4, -0.2) is 87.5 Å². The maximum atomic E-state index is 13.0. The Bertz CT molecular complexity index is 1120. The minimum absolute atomic E-state index is 0.201. The highest BCUT2D eigenvalue weighted by atomic mass is 16.7. The third-order valence-corrected chi connectivity index (χ3v) is 11.3. The molecule has 7 atom stereocenters. The number of ether oxygens (including phenoxy) is 2. The lowest BCUT2D eigenvalue weighted by molar-refractivity contribution is -0.302. The standard InChI is InChI=1S/C51H91NO8/c1-3-5-7-9-11-13-15-17-19-20-21-22-23-24-25-26-27-29-31-33-35-37-39-41-47(55)52-44(43-59-51-50(58)49(57)48(56)46(42-53)60-51)45(54)40-38-36-34-32-30-28-18-16-14-12-10-8-6-4-2/h14,16,21-22,24-25,30,32,38,40,44-46,48-51,53-54,56-58H,3-13,15,17-20,23,26-29,31,33-37,39,41-43H2,1-2H3,(H,52,55)/b16-14+,22-21-,25-24-,32-30+,40-38+. The summed E-state index contributed by atoms with van der Waals surface area (Å²) in [5.41, 5.74) is 0. The van der Waals surface area contributed by atoms with Crippen LogP contribution in [0.15, 0.2) is 60.8 Å². The molecule has 0 aromatic heterocycles. The van der Waals surface area contributed by atoms with Crippen molar-refractivity contribution in [3.63, 3.8) is 0 Å². The summed E-state index contributed by atoms with van der Waals surface area (Å²) in [5, 5.41) is 54.2. The summed E-state index contributed by atoms with van der Waals surface area (Å²) in [6, 6.07) is -0.833. The Morgan fingerprint density at radius 2 is 1.00 bits per heavy atom. The molecule has 0 spiro atoms. The molecule has 1 heterocycles. The average molecular weight is 846 g/mol. The summed E-state index contributed by atoms with van der Waals surface area (Å²) in [6.45, 7) is 3.72. The van der Waals surface area contributed by atoms with Crippen molar-refractivity contribution in [1.29, 1.82) is 0 Å². The van der Waals surface area contributed by atoms with Crippen molar-refractivity contribution in [2.75, 3.05) is 13.2 Å². The number of aliphatic hydroxyl groups excluding tert-OH is 5. The number of nitrogens with one attached hydrogen (secondary N) is 1. The number of rotatable bonds is 40. The third-order valence-electron chi connectivity index (χ3n) is 11.3. The van der Waals surface area contributed by atoms with Gasteiger partial charge in [-0.15, -0.1) is 0 Å². The zero-order valence-corrected chi connectivity index (χ0v) is 38.2. The van der Waals surface area contributed by atoms with E-state index in [0.717, 1.165) is 70.6 Å². The zero-order valence-electron chi connectivity index (χ0n) is 38.2. The topological polar surface area (TPSA) is 149 Å². The van der Waals surface area contributed by atoms with E-state index < -0.39 is 49.5 Å². The molecule has 60 heavy (non-hydrogen) atoms. The highest BCUT2D eigenvalue weighted by Gasteiger charge is 2.44. The average Bonchev–Trinajstić information content (AvgIpc) is 3.25. The van der Waals surface area contributed by atoms with Gasteiger partial charge in [-0.1, -0.05) is 177 Å². The molecule has 1 rings (SSSR count). The fraction of sp³-hybridized carbons (Fsp3) is 0.784. The minimum Gasteiger partial charge on any atom is -0.394 e. The lowest BCUT2D eigenvalue weighted by atomic mass is 9.99. The molecule has 0 aromatic carbocycles. The first-order valence-electron chi connectivity index (χ1n) is 24.5. The summed E-state index contributed by atoms with van der Waals surface area (Å²) in [7, 11) is 0. The summed E-state index contributed by atoms with van der Waals surface area (Å²) in [6.07, 6.45) is 47.0. The van der Waals surface area contributed by atoms with E-state index in [1.807, 2.05) is 6.08 Å². The van der Waals surface area contributed by atoms with E-state index in [1.54, 1.807) is 6.08 Å². The molecule has 1 aliphatic heterocycles. The van der Waals surface area contributed by atoms with E-state index in [-0.39, 0.29) is 12.5 Å². The molecule has 1 saturated heterocycles. The predicted octanol–water partition coefficient (Wildman–Crippen LogP) is 10.8. The Hall–Kier alpha value is -2.11. The SMILES string of the molecule is CCCCCC/C=C/CC/C=C/CC/C=C/C(O)C(COC1OC(CO)C(O)C(O)C1O)NC(=O)CCCCCCCCC/C=C\C/C=C\CCCCCCCCCCC. The van der Waals surface area contributed by atoms with Crippen LogP contribution in [0.3, 0.4) is 0 Å². The Kier molecular flexibility index (Phi) is 38.1. The lowest BCUT2D eigenvalue weighted by Gasteiger charge is -2.40. The number of hydrogen-bond donors (Lipinski definition) is 6. The second-order valence-corrected chi connectivity index (χ2v) is 16.9. The maximum absolute atomic E-state index is 13.0. The van der Waals surface area contributed by atoms with Gasteiger partial charge in [-0.25, -0.2) is 0 Å². The van der Waals surface area contributed by atoms with Gasteiger partial charge in [0, 0.05) is 6.42 Å². The van der Waals surface area contributed by atoms with Gasteiger partial charge in [-0.3, -0.25) is 4.79 Å². The number of amides is 1. The van der Waals surface area contributed by atoms with Gasteiger partial charge in [0.2, 0.25) is 5.91 Å². The lowest BCUT2D eigenvalue weighted by Crippen LogP contribution is -2.60. The number of hydrogen-bond acceptors (Lipinski definition) is 8. The monoisotopic (exact) mass is 846 g/mol. The Morgan fingerprint density at radius 3 is 1.52 bits per heavy atom. The first-order valence-corrected chi connectivity index (χ1v) is 24.5. The second kappa shape index (κ2) is 40.9. The molecule has 348 valence electrons. The summed E-state index contributed by atoms with van der Waals surface area (Å²) < 4.78 is 11.2. The van der Waals surface area contributed by atoms with Crippen LogP contribution >= 0.6 is 0 Å². The van der Waals surface area contributed by atoms with Crippen LogP contribution in [0.1, 0.15) is 200 Å². The fourth-order valence-electron chi connectivity index (χ4n) is 7.33. The molecule has 0 aliphatic carbocycles. The Balaban J connectivity index is 2.33. The number of allylic oxidation sites excluding steroid dienone is 9. The van der Waals surface area contributed by atoms with Crippen LogP contribution in [-0.2, 0) is 14.3 Å². The van der Waals surface area contributed by atoms with Gasteiger partial charge in [0.25, 0.3) is 0 Å². The predicted molar refractivity (Wildman–Crippen MR) is 249 cm³/mol. The molecular formula is C51H91NO8. The second-order valence-electron chi connectivity index (χ2n) is 16.9. The fourth-order valence-corrected chi connectivity index (χ4v) is 7.33. The van der Waals surface area contributed by atoms with Gasteiger partial charge in [0.05, 0.1) is 25.4 Å². The van der Waals surface area contributed by atoms with E-state index in [2.05, 4.69) is 67.8 Å². The molecule has 1 aliphatic rings. The van der Waals surface area contributed by atoms with Crippen LogP contribution < -0.4 is 5.32 Å². The van der Waals surface area contributed by atoms with E-state index in [4.69, 9.17) is 9.47 Å². The summed E-state index contributed by atoms with van der Waals surface area (Å²) in [4.78, 5) is 13.0. The van der Waals surface area contributed by atoms with Crippen molar-refractivity contribution < 1.29 is 39.8 Å². The van der Waals surface area contributed by atoms with Crippen molar-refractivity contribution in [2.45, 2.75) is 243 Å². The van der Waals surface area contributed by atoms with Crippen LogP contribution in [0, 0.1) is 0 Å². The molecular weight excluding hydrogens is 755 g/mol. The molecule has 0 saturated carbocycles. The van der Waals surface area contributed by atoms with Gasteiger partial charge < -0.3 is 40.3 Å². The number of unbranched alkanes of at least 4 members (excludes halogenated alkanes) is 22. The molecule has 7 unspecified atom stereocenters. The maximum Gasteiger partial charge on any atom is 0.220 e. The number of aliphatic hydroxyl groups is 5. The van der Waals surface area contributed by atoms with Gasteiger partial charge in [0.15, 0.2) is 6.29 Å². The van der Waals surface area contributed by atoms with Crippen molar-refractivity contribution in [3.05, 3.63) is 60.8 Å². The molecule has 1 fully saturated rings. The molecule has 9 nitrogen and oxygen atoms in total. The van der Waals surface area contributed by atoms with Crippen molar-refractivity contribution in [2.24, 2.45) is 0 Å². The van der Waals surface area contributed by atoms with Crippen LogP contribution in [0.25, 0.3) is 0 Å². The Labute approximate surface area is 366 Å². The summed E-state index contributed by atoms with van der Waals surface area (Å²) >= 11 is 0. The van der Waals surface area contributed by atoms with Crippen LogP contribution in [0.5, 0.6) is 0 Å². The van der Waals surface area contributed by atoms with Gasteiger partial charge in [-0.05, 0) is 77.0 Å². The first-order chi connectivity index (χ1) is 29.3. The third kappa shape index (κ3) is 30.8. The van der Waals surface area contributed by atoms with Crippen molar-refractivity contribution in [1.82, 2.24) is 5.32 Å². The number of carbonyl (C=O) groups is 1. The first kappa shape index (κ1) is 55.9. The number of carbonyl (C=O) groups excluding carboxylic acids is 1. The molecule has 6 N–H and O–H groups in total. The van der Waals surface area contributed by atoms with Gasteiger partial charge in [-0.2, -0.15) is 0 Å². The van der Waals surface area contributed by atoms with E-state index in [1.165, 1.54) is 109 Å². The normalized spacial score (nSPS) is 21.1. The van der Waals surface area contributed by atoms with Crippen molar-refractivity contribution in [3.8, 4) is 0 Å². The zero-order chi connectivity index (χ0) is 43.7. The van der Waals surface area contributed by atoms with Crippen LogP contribution in [0.4, 0.5) is 0 Å². The molecule has 0 aromatic rings. The summed E-state index contributed by atoms with van der Waals surface area (Å²) in [5.74, 6) is -0.201.